The summed E-state index contributed by atoms with van der Waals surface area (Å²) in [6.45, 7) is 5.05. The second kappa shape index (κ2) is 6.41. The highest BCUT2D eigenvalue weighted by atomic mass is 16.5. The van der Waals surface area contributed by atoms with Gasteiger partial charge in [-0.1, -0.05) is 39.5 Å². The van der Waals surface area contributed by atoms with Gasteiger partial charge in [-0.2, -0.15) is 0 Å². The quantitative estimate of drug-likeness (QED) is 0.707. The maximum absolute atomic E-state index is 5.95. The maximum atomic E-state index is 5.95. The molecule has 0 saturated heterocycles. The van der Waals surface area contributed by atoms with Gasteiger partial charge in [0.2, 0.25) is 0 Å². The van der Waals surface area contributed by atoms with E-state index >= 15 is 0 Å². The zero-order valence-corrected chi connectivity index (χ0v) is 9.67. The molecule has 2 N–H and O–H groups in total. The average Bonchev–Trinajstić information content (AvgIpc) is 2.42. The van der Waals surface area contributed by atoms with Gasteiger partial charge in [0.25, 0.3) is 0 Å². The van der Waals surface area contributed by atoms with Gasteiger partial charge in [0.1, 0.15) is 0 Å². The highest BCUT2D eigenvalue weighted by Gasteiger charge is 2.15. The molecule has 0 aromatic rings. The van der Waals surface area contributed by atoms with E-state index in [1.807, 2.05) is 0 Å². The van der Waals surface area contributed by atoms with Crippen LogP contribution in [-0.2, 0) is 4.74 Å². The smallest absolute Gasteiger partial charge is 0.0623 e. The summed E-state index contributed by atoms with van der Waals surface area (Å²) >= 11 is 0. The van der Waals surface area contributed by atoms with Crippen molar-refractivity contribution in [3.63, 3.8) is 0 Å². The standard InChI is InChI=1S/C12H25NO/c1-10(2)12(13)9-14-11-7-5-3-4-6-8-11/h10-12H,3-9,13H2,1-2H3. The van der Waals surface area contributed by atoms with Crippen molar-refractivity contribution in [1.29, 1.82) is 0 Å². The Bertz CT molecular complexity index is 139. The minimum absolute atomic E-state index is 0.207. The number of hydrogen-bond donors (Lipinski definition) is 1. The summed E-state index contributed by atoms with van der Waals surface area (Å²) in [6.07, 6.45) is 8.41. The summed E-state index contributed by atoms with van der Waals surface area (Å²) in [6, 6.07) is 0.207. The van der Waals surface area contributed by atoms with E-state index in [0.717, 1.165) is 6.61 Å². The zero-order valence-electron chi connectivity index (χ0n) is 9.67. The molecule has 84 valence electrons. The molecule has 1 aliphatic rings. The molecule has 1 atom stereocenters. The van der Waals surface area contributed by atoms with E-state index in [2.05, 4.69) is 13.8 Å². The SMILES string of the molecule is CC(C)C(N)COC1CCCCCC1. The molecule has 0 aromatic carbocycles. The molecular formula is C12H25NO. The van der Waals surface area contributed by atoms with E-state index in [1.165, 1.54) is 38.5 Å². The van der Waals surface area contributed by atoms with Gasteiger partial charge in [-0.3, -0.25) is 0 Å². The molecule has 1 unspecified atom stereocenters. The number of nitrogens with two attached hydrogens (primary N) is 1. The van der Waals surface area contributed by atoms with Gasteiger partial charge in [-0.25, -0.2) is 0 Å². The van der Waals surface area contributed by atoms with Crippen LogP contribution in [0.15, 0.2) is 0 Å². The van der Waals surface area contributed by atoms with Crippen LogP contribution in [-0.4, -0.2) is 18.8 Å². The Morgan fingerprint density at radius 1 is 1.14 bits per heavy atom. The average molecular weight is 199 g/mol. The molecule has 0 spiro atoms. The van der Waals surface area contributed by atoms with Crippen molar-refractivity contribution in [3.8, 4) is 0 Å². The zero-order chi connectivity index (χ0) is 10.4. The molecule has 1 rings (SSSR count). The van der Waals surface area contributed by atoms with E-state index in [1.54, 1.807) is 0 Å². The lowest BCUT2D eigenvalue weighted by atomic mass is 10.1. The normalized spacial score (nSPS) is 22.3. The summed E-state index contributed by atoms with van der Waals surface area (Å²) in [5.41, 5.74) is 5.95. The van der Waals surface area contributed by atoms with Gasteiger partial charge >= 0.3 is 0 Å². The van der Waals surface area contributed by atoms with Gasteiger partial charge in [0.05, 0.1) is 12.7 Å². The van der Waals surface area contributed by atoms with Crippen LogP contribution in [0.4, 0.5) is 0 Å². The molecule has 2 heteroatoms. The molecule has 0 bridgehead atoms. The highest BCUT2D eigenvalue weighted by molar-refractivity contribution is 4.68. The lowest BCUT2D eigenvalue weighted by molar-refractivity contribution is 0.0285. The topological polar surface area (TPSA) is 35.2 Å². The number of rotatable bonds is 4. The summed E-state index contributed by atoms with van der Waals surface area (Å²) in [4.78, 5) is 0. The Morgan fingerprint density at radius 2 is 1.71 bits per heavy atom. The van der Waals surface area contributed by atoms with E-state index in [4.69, 9.17) is 10.5 Å². The van der Waals surface area contributed by atoms with Crippen LogP contribution in [0.3, 0.4) is 0 Å². The van der Waals surface area contributed by atoms with Crippen LogP contribution in [0.2, 0.25) is 0 Å². The van der Waals surface area contributed by atoms with Crippen molar-refractivity contribution in [2.75, 3.05) is 6.61 Å². The van der Waals surface area contributed by atoms with Crippen LogP contribution in [0, 0.1) is 5.92 Å². The molecule has 1 fully saturated rings. The van der Waals surface area contributed by atoms with Gasteiger partial charge in [0.15, 0.2) is 0 Å². The monoisotopic (exact) mass is 199 g/mol. The van der Waals surface area contributed by atoms with Crippen molar-refractivity contribution in [2.45, 2.75) is 64.5 Å². The van der Waals surface area contributed by atoms with E-state index in [9.17, 15) is 0 Å². The third kappa shape index (κ3) is 4.43. The Labute approximate surface area is 88.2 Å². The second-order valence-corrected chi connectivity index (χ2v) is 4.85. The second-order valence-electron chi connectivity index (χ2n) is 4.85. The van der Waals surface area contributed by atoms with Crippen LogP contribution in [0.1, 0.15) is 52.4 Å². The lowest BCUT2D eigenvalue weighted by Gasteiger charge is -2.20. The number of hydrogen-bond acceptors (Lipinski definition) is 2. The van der Waals surface area contributed by atoms with Gasteiger partial charge in [-0.05, 0) is 18.8 Å². The fraction of sp³-hybridized carbons (Fsp3) is 1.00. The molecule has 1 aliphatic carbocycles. The molecule has 0 amide bonds. The van der Waals surface area contributed by atoms with Crippen LogP contribution in [0.25, 0.3) is 0 Å². The first kappa shape index (κ1) is 12.0. The Morgan fingerprint density at radius 3 is 2.21 bits per heavy atom. The van der Waals surface area contributed by atoms with Crippen LogP contribution >= 0.6 is 0 Å². The summed E-state index contributed by atoms with van der Waals surface area (Å²) in [5.74, 6) is 0.528. The highest BCUT2D eigenvalue weighted by Crippen LogP contribution is 2.20. The minimum Gasteiger partial charge on any atom is -0.377 e. The largest absolute Gasteiger partial charge is 0.377 e. The van der Waals surface area contributed by atoms with Crippen molar-refractivity contribution in [2.24, 2.45) is 11.7 Å². The van der Waals surface area contributed by atoms with Crippen molar-refractivity contribution >= 4 is 0 Å². The molecule has 0 radical (unpaired) electrons. The fourth-order valence-electron chi connectivity index (χ4n) is 1.85. The van der Waals surface area contributed by atoms with Gasteiger partial charge in [-0.15, -0.1) is 0 Å². The first-order valence-corrected chi connectivity index (χ1v) is 6.07. The van der Waals surface area contributed by atoms with E-state index in [-0.39, 0.29) is 6.04 Å². The lowest BCUT2D eigenvalue weighted by Crippen LogP contribution is -2.33. The Hall–Kier alpha value is -0.0800. The first-order chi connectivity index (χ1) is 6.70. The maximum Gasteiger partial charge on any atom is 0.0623 e. The fourth-order valence-corrected chi connectivity index (χ4v) is 1.85. The molecule has 2 nitrogen and oxygen atoms in total. The summed E-state index contributed by atoms with van der Waals surface area (Å²) in [7, 11) is 0. The number of ether oxygens (including phenoxy) is 1. The molecular weight excluding hydrogens is 174 g/mol. The van der Waals surface area contributed by atoms with Gasteiger partial charge < -0.3 is 10.5 Å². The van der Waals surface area contributed by atoms with E-state index < -0.39 is 0 Å². The molecule has 0 aliphatic heterocycles. The van der Waals surface area contributed by atoms with Gasteiger partial charge in [0, 0.05) is 6.04 Å². The molecule has 0 heterocycles. The van der Waals surface area contributed by atoms with Crippen molar-refractivity contribution in [1.82, 2.24) is 0 Å². The van der Waals surface area contributed by atoms with Crippen LogP contribution in [0.5, 0.6) is 0 Å². The molecule has 1 saturated carbocycles. The minimum atomic E-state index is 0.207. The van der Waals surface area contributed by atoms with Crippen molar-refractivity contribution < 1.29 is 4.74 Å². The van der Waals surface area contributed by atoms with E-state index in [0.29, 0.717) is 12.0 Å². The Balaban J connectivity index is 2.15. The summed E-state index contributed by atoms with van der Waals surface area (Å²) in [5, 5.41) is 0. The Kier molecular flexibility index (Phi) is 5.49. The predicted molar refractivity (Wildman–Crippen MR) is 60.3 cm³/mol. The molecule has 0 aromatic heterocycles. The van der Waals surface area contributed by atoms with Crippen LogP contribution < -0.4 is 5.73 Å². The van der Waals surface area contributed by atoms with Crippen molar-refractivity contribution in [3.05, 3.63) is 0 Å². The predicted octanol–water partition coefficient (Wildman–Crippen LogP) is 2.71. The third-order valence-electron chi connectivity index (χ3n) is 3.18. The third-order valence-corrected chi connectivity index (χ3v) is 3.18. The molecule has 14 heavy (non-hydrogen) atoms. The summed E-state index contributed by atoms with van der Waals surface area (Å²) < 4.78 is 5.86. The first-order valence-electron chi connectivity index (χ1n) is 6.07.